The molecule has 1 heterocycles. The highest BCUT2D eigenvalue weighted by Crippen LogP contribution is 2.24. The first-order valence-electron chi connectivity index (χ1n) is 5.58. The van der Waals surface area contributed by atoms with Gasteiger partial charge in [-0.05, 0) is 47.7 Å². The molecule has 104 valence electrons. The number of hydrogen-bond acceptors (Lipinski definition) is 2. The van der Waals surface area contributed by atoms with Crippen molar-refractivity contribution < 1.29 is 4.39 Å². The Morgan fingerprint density at radius 2 is 1.89 bits per heavy atom. The van der Waals surface area contributed by atoms with E-state index in [1.807, 2.05) is 12.1 Å². The van der Waals surface area contributed by atoms with Gasteiger partial charge in [0, 0.05) is 41.4 Å². The summed E-state index contributed by atoms with van der Waals surface area (Å²) in [6.45, 7) is 6.06. The molecule has 0 aromatic heterocycles. The highest BCUT2D eigenvalue weighted by Gasteiger charge is 2.20. The zero-order chi connectivity index (χ0) is 11.5. The van der Waals surface area contributed by atoms with Crippen LogP contribution in [0.1, 0.15) is 18.5 Å². The molecule has 2 nitrogen and oxygen atoms in total. The van der Waals surface area contributed by atoms with Gasteiger partial charge in [-0.1, -0.05) is 0 Å². The lowest BCUT2D eigenvalue weighted by molar-refractivity contribution is 0.182. The van der Waals surface area contributed by atoms with Gasteiger partial charge in [0.1, 0.15) is 5.82 Å². The summed E-state index contributed by atoms with van der Waals surface area (Å²) in [7, 11) is 0. The normalized spacial score (nSPS) is 17.5. The van der Waals surface area contributed by atoms with Crippen LogP contribution in [0.3, 0.4) is 0 Å². The highest BCUT2D eigenvalue weighted by molar-refractivity contribution is 14.1. The van der Waals surface area contributed by atoms with Gasteiger partial charge in [0.15, 0.2) is 0 Å². The lowest BCUT2D eigenvalue weighted by Gasteiger charge is -2.33. The van der Waals surface area contributed by atoms with E-state index in [9.17, 15) is 4.39 Å². The zero-order valence-corrected chi connectivity index (χ0v) is 13.9. The summed E-state index contributed by atoms with van der Waals surface area (Å²) >= 11 is 2.23. The van der Waals surface area contributed by atoms with Crippen LogP contribution in [0.25, 0.3) is 0 Å². The third-order valence-corrected chi connectivity index (χ3v) is 3.78. The van der Waals surface area contributed by atoms with Gasteiger partial charge in [-0.25, -0.2) is 4.39 Å². The molecule has 0 radical (unpaired) electrons. The van der Waals surface area contributed by atoms with Crippen molar-refractivity contribution in [2.45, 2.75) is 13.0 Å². The molecule has 2 rings (SSSR count). The smallest absolute Gasteiger partial charge is 0.128 e. The molecule has 0 saturated carbocycles. The molecule has 0 amide bonds. The molecule has 1 aliphatic rings. The second kappa shape index (κ2) is 8.53. The third-order valence-electron chi connectivity index (χ3n) is 3.11. The number of nitrogens with one attached hydrogen (secondary N) is 1. The fraction of sp³-hybridized carbons (Fsp3) is 0.500. The van der Waals surface area contributed by atoms with E-state index in [2.05, 4.69) is 39.7 Å². The van der Waals surface area contributed by atoms with E-state index in [1.165, 1.54) is 0 Å². The average molecular weight is 407 g/mol. The van der Waals surface area contributed by atoms with Gasteiger partial charge in [-0.3, -0.25) is 4.90 Å². The van der Waals surface area contributed by atoms with Crippen LogP contribution in [0, 0.1) is 9.39 Å². The van der Waals surface area contributed by atoms with Crippen LogP contribution in [0.4, 0.5) is 4.39 Å². The van der Waals surface area contributed by atoms with Crippen LogP contribution in [-0.2, 0) is 0 Å². The molecule has 0 aliphatic carbocycles. The first kappa shape index (κ1) is 18.4. The standard InChI is InChI=1S/C12H16FIN2.2ClH/c1-9(16-6-4-15-5-7-16)11-8-10(14)2-3-12(11)13;;/h2-3,8-9,15H,4-7H2,1H3;2*1H/t9-;;/m1../s1. The van der Waals surface area contributed by atoms with Crippen molar-refractivity contribution in [3.05, 3.63) is 33.1 Å². The summed E-state index contributed by atoms with van der Waals surface area (Å²) in [4.78, 5) is 2.32. The summed E-state index contributed by atoms with van der Waals surface area (Å²) in [5.41, 5.74) is 0.814. The van der Waals surface area contributed by atoms with Crippen molar-refractivity contribution in [2.75, 3.05) is 26.2 Å². The number of rotatable bonds is 2. The molecule has 1 atom stereocenters. The molecular formula is C12H18Cl2FIN2. The molecule has 0 spiro atoms. The van der Waals surface area contributed by atoms with E-state index < -0.39 is 0 Å². The van der Waals surface area contributed by atoms with E-state index in [4.69, 9.17) is 0 Å². The van der Waals surface area contributed by atoms with Crippen LogP contribution in [0.2, 0.25) is 0 Å². The Hall–Kier alpha value is 0.380. The van der Waals surface area contributed by atoms with Crippen LogP contribution >= 0.6 is 47.4 Å². The van der Waals surface area contributed by atoms with Crippen molar-refractivity contribution >= 4 is 47.4 Å². The van der Waals surface area contributed by atoms with E-state index in [0.29, 0.717) is 0 Å². The summed E-state index contributed by atoms with van der Waals surface area (Å²) in [5.74, 6) is -0.0913. The Morgan fingerprint density at radius 1 is 1.28 bits per heavy atom. The molecule has 18 heavy (non-hydrogen) atoms. The summed E-state index contributed by atoms with van der Waals surface area (Å²) in [5, 5.41) is 3.31. The lowest BCUT2D eigenvalue weighted by Crippen LogP contribution is -2.44. The molecule has 1 fully saturated rings. The Kier molecular flexibility index (Phi) is 8.71. The van der Waals surface area contributed by atoms with Crippen LogP contribution < -0.4 is 5.32 Å². The maximum Gasteiger partial charge on any atom is 0.128 e. The summed E-state index contributed by atoms with van der Waals surface area (Å²) in [6, 6.07) is 5.49. The van der Waals surface area contributed by atoms with Crippen molar-refractivity contribution in [1.29, 1.82) is 0 Å². The Labute approximate surface area is 134 Å². The van der Waals surface area contributed by atoms with Gasteiger partial charge in [0.05, 0.1) is 0 Å². The van der Waals surface area contributed by atoms with Crippen LogP contribution in [-0.4, -0.2) is 31.1 Å². The fourth-order valence-corrected chi connectivity index (χ4v) is 2.62. The minimum atomic E-state index is -0.0913. The Morgan fingerprint density at radius 3 is 2.50 bits per heavy atom. The Bertz CT molecular complexity index is 373. The van der Waals surface area contributed by atoms with Crippen molar-refractivity contribution in [1.82, 2.24) is 10.2 Å². The minimum absolute atomic E-state index is 0. The second-order valence-electron chi connectivity index (χ2n) is 4.13. The molecule has 0 unspecified atom stereocenters. The molecule has 1 aromatic carbocycles. The van der Waals surface area contributed by atoms with E-state index in [-0.39, 0.29) is 36.7 Å². The fourth-order valence-electron chi connectivity index (χ4n) is 2.10. The molecule has 0 bridgehead atoms. The van der Waals surface area contributed by atoms with Crippen molar-refractivity contribution in [2.24, 2.45) is 0 Å². The molecule has 1 aromatic rings. The van der Waals surface area contributed by atoms with E-state index >= 15 is 0 Å². The van der Waals surface area contributed by atoms with Gasteiger partial charge >= 0.3 is 0 Å². The maximum atomic E-state index is 13.7. The van der Waals surface area contributed by atoms with E-state index in [1.54, 1.807) is 6.07 Å². The first-order valence-corrected chi connectivity index (χ1v) is 6.66. The monoisotopic (exact) mass is 406 g/mol. The number of benzene rings is 1. The van der Waals surface area contributed by atoms with Gasteiger partial charge in [-0.15, -0.1) is 24.8 Å². The second-order valence-corrected chi connectivity index (χ2v) is 5.37. The van der Waals surface area contributed by atoms with Crippen LogP contribution in [0.5, 0.6) is 0 Å². The van der Waals surface area contributed by atoms with Gasteiger partial charge in [0.25, 0.3) is 0 Å². The quantitative estimate of drug-likeness (QED) is 0.758. The maximum absolute atomic E-state index is 13.7. The number of hydrogen-bond donors (Lipinski definition) is 1. The molecule has 1 N–H and O–H groups in total. The van der Waals surface area contributed by atoms with Crippen LogP contribution in [0.15, 0.2) is 18.2 Å². The van der Waals surface area contributed by atoms with Gasteiger partial charge in [0.2, 0.25) is 0 Å². The van der Waals surface area contributed by atoms with Crippen molar-refractivity contribution in [3.63, 3.8) is 0 Å². The van der Waals surface area contributed by atoms with Gasteiger partial charge < -0.3 is 5.32 Å². The number of halogens is 4. The molecule has 1 saturated heterocycles. The van der Waals surface area contributed by atoms with E-state index in [0.717, 1.165) is 35.3 Å². The predicted molar refractivity (Wildman–Crippen MR) is 86.5 cm³/mol. The summed E-state index contributed by atoms with van der Waals surface area (Å²) < 4.78 is 14.8. The summed E-state index contributed by atoms with van der Waals surface area (Å²) in [6.07, 6.45) is 0. The average Bonchev–Trinajstić information content (AvgIpc) is 2.32. The largest absolute Gasteiger partial charge is 0.314 e. The zero-order valence-electron chi connectivity index (χ0n) is 10.2. The molecule has 1 aliphatic heterocycles. The number of nitrogens with zero attached hydrogens (tertiary/aromatic N) is 1. The van der Waals surface area contributed by atoms with Crippen molar-refractivity contribution in [3.8, 4) is 0 Å². The lowest BCUT2D eigenvalue weighted by atomic mass is 10.1. The predicted octanol–water partition coefficient (Wildman–Crippen LogP) is 3.24. The highest BCUT2D eigenvalue weighted by atomic mass is 127. The molecular weight excluding hydrogens is 389 g/mol. The molecule has 6 heteroatoms. The minimum Gasteiger partial charge on any atom is -0.314 e. The third kappa shape index (κ3) is 4.49. The van der Waals surface area contributed by atoms with Gasteiger partial charge in [-0.2, -0.15) is 0 Å². The topological polar surface area (TPSA) is 15.3 Å². The number of piperazine rings is 1. The first-order chi connectivity index (χ1) is 7.68. The Balaban J connectivity index is 0.00000144. The SMILES string of the molecule is C[C@H](c1cc(I)ccc1F)N1CCNCC1.Cl.Cl.